The van der Waals surface area contributed by atoms with E-state index >= 15 is 0 Å². The van der Waals surface area contributed by atoms with Crippen molar-refractivity contribution >= 4 is 93.4 Å². The average Bonchev–Trinajstić information content (AvgIpc) is 3.62. The highest BCUT2D eigenvalue weighted by Crippen LogP contribution is 2.42. The van der Waals surface area contributed by atoms with Gasteiger partial charge in [0, 0.05) is 41.6 Å². The highest BCUT2D eigenvalue weighted by molar-refractivity contribution is 7.25. The van der Waals surface area contributed by atoms with Crippen LogP contribution in [0.25, 0.3) is 52.7 Å². The van der Waals surface area contributed by atoms with Gasteiger partial charge in [-0.15, -0.1) is 22.7 Å². The summed E-state index contributed by atoms with van der Waals surface area (Å²) in [5, 5.41) is 38.4. The van der Waals surface area contributed by atoms with Gasteiger partial charge in [-0.1, -0.05) is 24.3 Å². The standard InChI is InChI=1S/C20H12B2N4O4S4/c27-21(28)11-3-1-9(17-19(11)25-33-23-17)13-5-7-15(31-13)16-8-6-14(32-16)10-2-4-12(22(29)30)20-18(10)24-34-26-20/h1-8,27-30H. The van der Waals surface area contributed by atoms with E-state index in [-0.39, 0.29) is 0 Å². The Hall–Kier alpha value is -2.55. The zero-order valence-corrected chi connectivity index (χ0v) is 20.3. The van der Waals surface area contributed by atoms with Crippen molar-refractivity contribution < 1.29 is 20.1 Å². The fourth-order valence-corrected chi connectivity index (χ4v) is 7.13. The predicted octanol–water partition coefficient (Wildman–Crippen LogP) is 2.18. The quantitative estimate of drug-likeness (QED) is 0.254. The smallest absolute Gasteiger partial charge is 0.423 e. The van der Waals surface area contributed by atoms with Crippen LogP contribution in [0.3, 0.4) is 0 Å². The first kappa shape index (κ1) is 21.9. The van der Waals surface area contributed by atoms with E-state index in [0.717, 1.165) is 54.1 Å². The van der Waals surface area contributed by atoms with Crippen molar-refractivity contribution in [3.05, 3.63) is 48.5 Å². The molecule has 0 bridgehead atoms. The van der Waals surface area contributed by atoms with Gasteiger partial charge in [-0.05, 0) is 24.3 Å². The van der Waals surface area contributed by atoms with Gasteiger partial charge < -0.3 is 20.1 Å². The number of benzene rings is 2. The van der Waals surface area contributed by atoms with Crippen molar-refractivity contribution in [2.75, 3.05) is 0 Å². The van der Waals surface area contributed by atoms with Gasteiger partial charge in [0.2, 0.25) is 0 Å². The lowest BCUT2D eigenvalue weighted by Gasteiger charge is -2.04. The third kappa shape index (κ3) is 3.59. The molecule has 0 unspecified atom stereocenters. The normalized spacial score (nSPS) is 11.5. The molecular formula is C20H12B2N4O4S4. The van der Waals surface area contributed by atoms with Gasteiger partial charge in [-0.3, -0.25) is 0 Å². The Bertz CT molecular complexity index is 1540. The average molecular weight is 522 g/mol. The van der Waals surface area contributed by atoms with Crippen molar-refractivity contribution in [2.45, 2.75) is 0 Å². The Kier molecular flexibility index (Phi) is 5.54. The summed E-state index contributed by atoms with van der Waals surface area (Å²) in [6, 6.07) is 15.2. The lowest BCUT2D eigenvalue weighted by Crippen LogP contribution is -2.30. The van der Waals surface area contributed by atoms with Crippen LogP contribution in [0.5, 0.6) is 0 Å². The molecule has 2 aromatic carbocycles. The Labute approximate surface area is 209 Å². The first-order valence-corrected chi connectivity index (χ1v) is 13.0. The molecule has 0 amide bonds. The topological polar surface area (TPSA) is 132 Å². The Morgan fingerprint density at radius 1 is 0.471 bits per heavy atom. The van der Waals surface area contributed by atoms with E-state index in [1.54, 1.807) is 34.8 Å². The van der Waals surface area contributed by atoms with Crippen molar-refractivity contribution in [1.82, 2.24) is 17.5 Å². The summed E-state index contributed by atoms with van der Waals surface area (Å²) in [5.41, 5.74) is 4.79. The molecule has 0 fully saturated rings. The van der Waals surface area contributed by atoms with Gasteiger partial charge in [-0.2, -0.15) is 17.5 Å². The number of aromatic nitrogens is 4. The van der Waals surface area contributed by atoms with Gasteiger partial charge in [0.05, 0.1) is 23.5 Å². The first-order chi connectivity index (χ1) is 16.5. The number of fused-ring (bicyclic) bond motifs is 2. The SMILES string of the molecule is OB(O)c1ccc(-c2ccc(-c3ccc(-c4ccc(B(O)O)c5nsnc45)s3)s2)c2nsnc12. The molecule has 0 radical (unpaired) electrons. The van der Waals surface area contributed by atoms with Crippen LogP contribution in [0.1, 0.15) is 0 Å². The molecule has 0 saturated heterocycles. The maximum Gasteiger partial charge on any atom is 0.490 e. The minimum Gasteiger partial charge on any atom is -0.423 e. The molecule has 166 valence electrons. The van der Waals surface area contributed by atoms with Crippen molar-refractivity contribution in [3.8, 4) is 30.6 Å². The van der Waals surface area contributed by atoms with Gasteiger partial charge in [0.15, 0.2) is 0 Å². The third-order valence-corrected chi connectivity index (χ3v) is 8.93. The van der Waals surface area contributed by atoms with Crippen LogP contribution in [-0.4, -0.2) is 51.8 Å². The van der Waals surface area contributed by atoms with Gasteiger partial charge in [0.1, 0.15) is 22.1 Å². The Balaban J connectivity index is 1.37. The van der Waals surface area contributed by atoms with E-state index < -0.39 is 14.2 Å². The second-order valence-electron chi connectivity index (χ2n) is 7.40. The molecule has 4 aromatic heterocycles. The zero-order chi connectivity index (χ0) is 23.4. The third-order valence-electron chi connectivity index (χ3n) is 5.44. The van der Waals surface area contributed by atoms with Gasteiger partial charge in [0.25, 0.3) is 0 Å². The number of hydrogen-bond acceptors (Lipinski definition) is 12. The highest BCUT2D eigenvalue weighted by Gasteiger charge is 2.22. The van der Waals surface area contributed by atoms with Crippen LogP contribution in [-0.2, 0) is 0 Å². The summed E-state index contributed by atoms with van der Waals surface area (Å²) in [4.78, 5) is 4.19. The Morgan fingerprint density at radius 2 is 0.853 bits per heavy atom. The van der Waals surface area contributed by atoms with E-state index in [4.69, 9.17) is 0 Å². The van der Waals surface area contributed by atoms with Crippen LogP contribution in [0, 0.1) is 0 Å². The Morgan fingerprint density at radius 3 is 1.26 bits per heavy atom. The largest absolute Gasteiger partial charge is 0.490 e. The molecule has 0 saturated carbocycles. The molecule has 14 heteroatoms. The predicted molar refractivity (Wildman–Crippen MR) is 140 cm³/mol. The fourth-order valence-electron chi connectivity index (χ4n) is 3.82. The molecule has 0 aliphatic heterocycles. The van der Waals surface area contributed by atoms with E-state index in [1.807, 2.05) is 24.3 Å². The molecule has 4 N–H and O–H groups in total. The molecular weight excluding hydrogens is 510 g/mol. The molecule has 0 aliphatic rings. The molecule has 34 heavy (non-hydrogen) atoms. The summed E-state index contributed by atoms with van der Waals surface area (Å²) in [6.45, 7) is 0. The maximum absolute atomic E-state index is 9.61. The molecule has 4 heterocycles. The van der Waals surface area contributed by atoms with E-state index in [0.29, 0.717) is 33.0 Å². The minimum absolute atomic E-state index is 0.342. The van der Waals surface area contributed by atoms with Crippen LogP contribution < -0.4 is 10.9 Å². The summed E-state index contributed by atoms with van der Waals surface area (Å²) >= 11 is 5.33. The van der Waals surface area contributed by atoms with E-state index in [2.05, 4.69) is 29.6 Å². The fraction of sp³-hybridized carbons (Fsp3) is 0. The summed E-state index contributed by atoms with van der Waals surface area (Å²) < 4.78 is 17.2. The van der Waals surface area contributed by atoms with Gasteiger partial charge in [-0.25, -0.2) is 0 Å². The monoisotopic (exact) mass is 522 g/mol. The summed E-state index contributed by atoms with van der Waals surface area (Å²) in [7, 11) is -3.20. The number of hydrogen-bond donors (Lipinski definition) is 4. The molecule has 0 aliphatic carbocycles. The molecule has 0 atom stereocenters. The van der Waals surface area contributed by atoms with E-state index in [9.17, 15) is 20.1 Å². The number of nitrogens with zero attached hydrogens (tertiary/aromatic N) is 4. The molecule has 0 spiro atoms. The number of thiophene rings is 2. The van der Waals surface area contributed by atoms with Crippen LogP contribution >= 0.6 is 46.1 Å². The highest BCUT2D eigenvalue weighted by atomic mass is 32.1. The summed E-state index contributed by atoms with van der Waals surface area (Å²) in [6.07, 6.45) is 0. The molecule has 6 rings (SSSR count). The molecule has 8 nitrogen and oxygen atoms in total. The van der Waals surface area contributed by atoms with Crippen LogP contribution in [0.2, 0.25) is 0 Å². The van der Waals surface area contributed by atoms with Crippen LogP contribution in [0.15, 0.2) is 48.5 Å². The van der Waals surface area contributed by atoms with E-state index in [1.165, 1.54) is 0 Å². The maximum atomic E-state index is 9.61. The summed E-state index contributed by atoms with van der Waals surface area (Å²) in [5.74, 6) is 0. The van der Waals surface area contributed by atoms with Crippen LogP contribution in [0.4, 0.5) is 0 Å². The van der Waals surface area contributed by atoms with Crippen molar-refractivity contribution in [1.29, 1.82) is 0 Å². The first-order valence-electron chi connectivity index (χ1n) is 9.94. The molecule has 6 aromatic rings. The minimum atomic E-state index is -1.60. The zero-order valence-electron chi connectivity index (χ0n) is 17.0. The number of rotatable bonds is 5. The van der Waals surface area contributed by atoms with Crippen molar-refractivity contribution in [3.63, 3.8) is 0 Å². The second-order valence-corrected chi connectivity index (χ2v) is 10.6. The lowest BCUT2D eigenvalue weighted by atomic mass is 9.79. The van der Waals surface area contributed by atoms with Crippen molar-refractivity contribution in [2.24, 2.45) is 0 Å². The lowest BCUT2D eigenvalue weighted by molar-refractivity contribution is 0.425. The van der Waals surface area contributed by atoms with Gasteiger partial charge >= 0.3 is 14.2 Å². The second kappa shape index (κ2) is 8.59.